The van der Waals surface area contributed by atoms with E-state index in [2.05, 4.69) is 6.58 Å². The second kappa shape index (κ2) is 6.17. The van der Waals surface area contributed by atoms with Crippen LogP contribution in [0.3, 0.4) is 0 Å². The molecule has 0 aliphatic heterocycles. The Bertz CT molecular complexity index is 1010. The largest absolute Gasteiger partial charge is 0.292 e. The topological polar surface area (TPSA) is 94.3 Å². The molecule has 0 amide bonds. The van der Waals surface area contributed by atoms with E-state index in [1.807, 2.05) is 6.92 Å². The molecule has 3 rings (SSSR count). The quantitative estimate of drug-likeness (QED) is 0.335. The first-order valence-electron chi connectivity index (χ1n) is 7.97. The fourth-order valence-corrected chi connectivity index (χ4v) is 5.34. The molecule has 1 aliphatic rings. The molecule has 0 spiro atoms. The average Bonchev–Trinajstić information content (AvgIpc) is 3.38. The number of aryl methyl sites for hydroxylation is 1. The number of allylic oxidation sites excluding steroid dienone is 1. The number of hydrogen-bond acceptors (Lipinski definition) is 5. The molecule has 6 nitrogen and oxygen atoms in total. The summed E-state index contributed by atoms with van der Waals surface area (Å²) in [5, 5.41) is 11.0. The van der Waals surface area contributed by atoms with E-state index in [-0.39, 0.29) is 22.6 Å². The molecule has 1 saturated carbocycles. The number of sulfone groups is 1. The lowest BCUT2D eigenvalue weighted by Gasteiger charge is -2.17. The Balaban J connectivity index is 2.10. The molecule has 2 unspecified atom stereocenters. The zero-order valence-electron chi connectivity index (χ0n) is 14.1. The fraction of sp³-hybridized carbons (Fsp3) is 0.211. The summed E-state index contributed by atoms with van der Waals surface area (Å²) in [6, 6.07) is 11.5. The third-order valence-corrected chi connectivity index (χ3v) is 7.27. The second-order valence-electron chi connectivity index (χ2n) is 6.39. The zero-order valence-corrected chi connectivity index (χ0v) is 14.9. The maximum absolute atomic E-state index is 13.2. The first-order valence-corrected chi connectivity index (χ1v) is 9.45. The Morgan fingerprint density at radius 3 is 2.46 bits per heavy atom. The molecule has 0 heterocycles. The van der Waals surface area contributed by atoms with E-state index in [1.165, 1.54) is 36.4 Å². The molecule has 0 aromatic heterocycles. The van der Waals surface area contributed by atoms with Gasteiger partial charge in [0.05, 0.1) is 9.82 Å². The van der Waals surface area contributed by atoms with Crippen LogP contribution >= 0.6 is 0 Å². The molecule has 2 aromatic carbocycles. The summed E-state index contributed by atoms with van der Waals surface area (Å²) in [4.78, 5) is 23.5. The molecule has 26 heavy (non-hydrogen) atoms. The lowest BCUT2D eigenvalue weighted by Crippen LogP contribution is -2.35. The van der Waals surface area contributed by atoms with E-state index in [9.17, 15) is 23.3 Å². The van der Waals surface area contributed by atoms with Gasteiger partial charge < -0.3 is 0 Å². The number of ketones is 1. The second-order valence-corrected chi connectivity index (χ2v) is 8.60. The third kappa shape index (κ3) is 2.64. The number of Topliss-reactive ketones (excluding diaryl/α,β-unsaturated/α-hetero) is 1. The van der Waals surface area contributed by atoms with Gasteiger partial charge in [-0.2, -0.15) is 0 Å². The van der Waals surface area contributed by atoms with E-state index in [0.717, 1.165) is 11.6 Å². The minimum Gasteiger partial charge on any atom is -0.292 e. The molecule has 0 N–H and O–H groups in total. The Morgan fingerprint density at radius 2 is 1.92 bits per heavy atom. The fourth-order valence-electron chi connectivity index (χ4n) is 3.17. The van der Waals surface area contributed by atoms with Gasteiger partial charge in [-0.25, -0.2) is 8.42 Å². The molecule has 0 bridgehead atoms. The van der Waals surface area contributed by atoms with Crippen molar-refractivity contribution < 1.29 is 18.1 Å². The van der Waals surface area contributed by atoms with E-state index >= 15 is 0 Å². The molecule has 2 aromatic rings. The van der Waals surface area contributed by atoms with Crippen molar-refractivity contribution in [3.05, 3.63) is 82.4 Å². The number of rotatable bonds is 6. The van der Waals surface area contributed by atoms with Crippen molar-refractivity contribution in [3.8, 4) is 0 Å². The van der Waals surface area contributed by atoms with Gasteiger partial charge in [0.25, 0.3) is 5.69 Å². The summed E-state index contributed by atoms with van der Waals surface area (Å²) in [6.07, 6.45) is 1.58. The van der Waals surface area contributed by atoms with Gasteiger partial charge in [0.15, 0.2) is 15.6 Å². The summed E-state index contributed by atoms with van der Waals surface area (Å²) in [6.45, 7) is 5.47. The minimum atomic E-state index is -3.98. The van der Waals surface area contributed by atoms with Crippen LogP contribution in [-0.4, -0.2) is 23.9 Å². The molecule has 134 valence electrons. The van der Waals surface area contributed by atoms with Crippen molar-refractivity contribution in [1.82, 2.24) is 0 Å². The van der Waals surface area contributed by atoms with Crippen molar-refractivity contribution in [3.63, 3.8) is 0 Å². The third-order valence-electron chi connectivity index (χ3n) is 4.76. The van der Waals surface area contributed by atoms with Gasteiger partial charge in [0.1, 0.15) is 4.75 Å². The van der Waals surface area contributed by atoms with Crippen molar-refractivity contribution in [2.45, 2.75) is 23.0 Å². The molecular formula is C19H17NO5S. The number of carbonyl (C=O) groups is 1. The van der Waals surface area contributed by atoms with Crippen molar-refractivity contribution >= 4 is 21.3 Å². The first-order chi connectivity index (χ1) is 12.2. The number of carbonyl (C=O) groups excluding carboxylic acids is 1. The van der Waals surface area contributed by atoms with Crippen LogP contribution in [0.4, 0.5) is 5.69 Å². The highest BCUT2D eigenvalue weighted by atomic mass is 32.2. The van der Waals surface area contributed by atoms with Gasteiger partial charge in [0, 0.05) is 23.6 Å². The highest BCUT2D eigenvalue weighted by Crippen LogP contribution is 2.55. The van der Waals surface area contributed by atoms with Crippen LogP contribution in [0.25, 0.3) is 0 Å². The minimum absolute atomic E-state index is 0.0132. The van der Waals surface area contributed by atoms with Crippen molar-refractivity contribution in [2.75, 3.05) is 0 Å². The van der Waals surface area contributed by atoms with Gasteiger partial charge in [0.2, 0.25) is 0 Å². The van der Waals surface area contributed by atoms with Crippen LogP contribution in [0.15, 0.2) is 66.1 Å². The maximum atomic E-state index is 13.2. The highest BCUT2D eigenvalue weighted by molar-refractivity contribution is 7.94. The number of nitro benzene ring substituents is 1. The van der Waals surface area contributed by atoms with Crippen molar-refractivity contribution in [2.24, 2.45) is 5.92 Å². The highest BCUT2D eigenvalue weighted by Gasteiger charge is 2.67. The molecule has 7 heteroatoms. The normalized spacial score (nSPS) is 21.8. The molecule has 1 aliphatic carbocycles. The summed E-state index contributed by atoms with van der Waals surface area (Å²) in [7, 11) is -3.98. The summed E-state index contributed by atoms with van der Waals surface area (Å²) < 4.78 is 24.8. The van der Waals surface area contributed by atoms with Gasteiger partial charge in [-0.05, 0) is 25.5 Å². The van der Waals surface area contributed by atoms with Gasteiger partial charge in [-0.1, -0.05) is 35.9 Å². The van der Waals surface area contributed by atoms with Crippen LogP contribution < -0.4 is 0 Å². The number of benzene rings is 2. The van der Waals surface area contributed by atoms with E-state index in [4.69, 9.17) is 0 Å². The molecule has 0 saturated heterocycles. The summed E-state index contributed by atoms with van der Waals surface area (Å²) >= 11 is 0. The number of non-ortho nitro benzene ring substituents is 1. The summed E-state index contributed by atoms with van der Waals surface area (Å²) in [5.41, 5.74) is 0.660. The molecule has 0 radical (unpaired) electrons. The Morgan fingerprint density at radius 1 is 1.27 bits per heavy atom. The lowest BCUT2D eigenvalue weighted by molar-refractivity contribution is -0.384. The van der Waals surface area contributed by atoms with Crippen LogP contribution in [-0.2, 0) is 9.84 Å². The maximum Gasteiger partial charge on any atom is 0.270 e. The van der Waals surface area contributed by atoms with Crippen LogP contribution in [0, 0.1) is 23.0 Å². The van der Waals surface area contributed by atoms with Crippen LogP contribution in [0.5, 0.6) is 0 Å². The Labute approximate surface area is 151 Å². The van der Waals surface area contributed by atoms with Crippen LogP contribution in [0.2, 0.25) is 0 Å². The Hall–Kier alpha value is -2.80. The monoisotopic (exact) mass is 371 g/mol. The number of nitrogens with zero attached hydrogens (tertiary/aromatic N) is 1. The van der Waals surface area contributed by atoms with E-state index in [0.29, 0.717) is 0 Å². The van der Waals surface area contributed by atoms with Gasteiger partial charge in [-0.3, -0.25) is 14.9 Å². The Kier molecular flexibility index (Phi) is 4.28. The SMILES string of the molecule is C=CC1CC1(C(=O)c1cccc([N+](=O)[O-])c1)S(=O)(=O)c1ccc(C)cc1. The first kappa shape index (κ1) is 18.0. The van der Waals surface area contributed by atoms with Gasteiger partial charge >= 0.3 is 0 Å². The lowest BCUT2D eigenvalue weighted by atomic mass is 10.0. The molecule has 1 fully saturated rings. The predicted molar refractivity (Wildman–Crippen MR) is 96.8 cm³/mol. The van der Waals surface area contributed by atoms with E-state index in [1.54, 1.807) is 12.1 Å². The number of nitro groups is 1. The van der Waals surface area contributed by atoms with Gasteiger partial charge in [-0.15, -0.1) is 6.58 Å². The average molecular weight is 371 g/mol. The standard InChI is InChI=1S/C19H17NO5S/c1-3-15-12-19(15,26(24,25)17-9-7-13(2)8-10-17)18(21)14-5-4-6-16(11-14)20(22)23/h3-11,15H,1,12H2,2H3. The zero-order chi connectivity index (χ0) is 19.1. The molecular weight excluding hydrogens is 354 g/mol. The predicted octanol–water partition coefficient (Wildman–Crippen LogP) is 3.50. The summed E-state index contributed by atoms with van der Waals surface area (Å²) in [5.74, 6) is -1.16. The van der Waals surface area contributed by atoms with Crippen molar-refractivity contribution in [1.29, 1.82) is 0 Å². The van der Waals surface area contributed by atoms with E-state index < -0.39 is 31.2 Å². The van der Waals surface area contributed by atoms with Crippen LogP contribution in [0.1, 0.15) is 22.3 Å². The number of hydrogen-bond donors (Lipinski definition) is 0. The smallest absolute Gasteiger partial charge is 0.270 e. The molecule has 2 atom stereocenters.